The Kier molecular flexibility index (Phi) is 5.63. The highest BCUT2D eigenvalue weighted by molar-refractivity contribution is 5.96. The van der Waals surface area contributed by atoms with Crippen LogP contribution in [0.25, 0.3) is 17.0 Å². The molecular weight excluding hydrogens is 360 g/mol. The molecule has 142 valence electrons. The van der Waals surface area contributed by atoms with Crippen molar-refractivity contribution < 1.29 is 9.53 Å². The minimum absolute atomic E-state index is 0.168. The molecule has 0 radical (unpaired) electrons. The number of carbonyl (C=O) groups excluding carboxylic acids is 1. The van der Waals surface area contributed by atoms with E-state index < -0.39 is 6.09 Å². The summed E-state index contributed by atoms with van der Waals surface area (Å²) in [5, 5.41) is 1.07. The summed E-state index contributed by atoms with van der Waals surface area (Å²) < 4.78 is 5.50. The molecule has 0 bridgehead atoms. The van der Waals surface area contributed by atoms with E-state index in [0.717, 1.165) is 27.8 Å². The Hall–Kier alpha value is -3.92. The highest BCUT2D eigenvalue weighted by atomic mass is 16.6. The molecule has 1 amide bonds. The van der Waals surface area contributed by atoms with Gasteiger partial charge in [-0.25, -0.2) is 9.69 Å². The number of pyridine rings is 1. The SMILES string of the molecule is O=C(OC/C=C/c1cnc2ccccc2c1)N(c1ccccc1)c1ccccc1. The number of rotatable bonds is 5. The highest BCUT2D eigenvalue weighted by Gasteiger charge is 2.18. The highest BCUT2D eigenvalue weighted by Crippen LogP contribution is 2.25. The van der Waals surface area contributed by atoms with Gasteiger partial charge in [-0.15, -0.1) is 0 Å². The molecule has 3 aromatic carbocycles. The van der Waals surface area contributed by atoms with Crippen LogP contribution in [0.3, 0.4) is 0 Å². The van der Waals surface area contributed by atoms with Crippen LogP contribution in [0.5, 0.6) is 0 Å². The maximum Gasteiger partial charge on any atom is 0.419 e. The van der Waals surface area contributed by atoms with Gasteiger partial charge in [0.05, 0.1) is 16.9 Å². The number of hydrogen-bond donors (Lipinski definition) is 0. The van der Waals surface area contributed by atoms with Gasteiger partial charge in [0.25, 0.3) is 0 Å². The van der Waals surface area contributed by atoms with Crippen LogP contribution in [0.15, 0.2) is 103 Å². The minimum atomic E-state index is -0.427. The topological polar surface area (TPSA) is 42.4 Å². The molecule has 0 aliphatic heterocycles. The van der Waals surface area contributed by atoms with Gasteiger partial charge in [0.15, 0.2) is 0 Å². The number of aromatic nitrogens is 1. The van der Waals surface area contributed by atoms with Gasteiger partial charge in [-0.3, -0.25) is 4.98 Å². The minimum Gasteiger partial charge on any atom is -0.445 e. The number of para-hydroxylation sites is 3. The number of hydrogen-bond acceptors (Lipinski definition) is 3. The van der Waals surface area contributed by atoms with Crippen molar-refractivity contribution in [2.45, 2.75) is 0 Å². The normalized spacial score (nSPS) is 10.9. The van der Waals surface area contributed by atoms with E-state index in [1.807, 2.05) is 97.1 Å². The molecule has 0 unspecified atom stereocenters. The fraction of sp³-hybridized carbons (Fsp3) is 0.0400. The molecule has 0 N–H and O–H groups in total. The van der Waals surface area contributed by atoms with Crippen molar-refractivity contribution in [3.05, 3.63) is 109 Å². The lowest BCUT2D eigenvalue weighted by molar-refractivity contribution is 0.169. The summed E-state index contributed by atoms with van der Waals surface area (Å²) in [7, 11) is 0. The van der Waals surface area contributed by atoms with Crippen molar-refractivity contribution in [1.82, 2.24) is 4.98 Å². The summed E-state index contributed by atoms with van der Waals surface area (Å²) in [4.78, 5) is 18.8. The third-order valence-electron chi connectivity index (χ3n) is 4.44. The Morgan fingerprint density at radius 3 is 2.17 bits per heavy atom. The summed E-state index contributed by atoms with van der Waals surface area (Å²) in [5.74, 6) is 0. The standard InChI is InChI=1S/C25H20N2O2/c28-25(27(22-12-3-1-4-13-22)23-14-5-2-6-15-23)29-17-9-10-20-18-21-11-7-8-16-24(21)26-19-20/h1-16,18-19H,17H2/b10-9+. The van der Waals surface area contributed by atoms with Crippen LogP contribution in [0.2, 0.25) is 0 Å². The summed E-state index contributed by atoms with van der Waals surface area (Å²) in [6.07, 6.45) is 5.10. The third kappa shape index (κ3) is 4.50. The molecule has 29 heavy (non-hydrogen) atoms. The summed E-state index contributed by atoms with van der Waals surface area (Å²) in [6, 6.07) is 28.9. The zero-order valence-corrected chi connectivity index (χ0v) is 15.8. The van der Waals surface area contributed by atoms with Crippen LogP contribution in [0.4, 0.5) is 16.2 Å². The van der Waals surface area contributed by atoms with Gasteiger partial charge in [-0.05, 0) is 48.0 Å². The molecule has 4 aromatic rings. The van der Waals surface area contributed by atoms with Gasteiger partial charge in [0.2, 0.25) is 0 Å². The van der Waals surface area contributed by atoms with Gasteiger partial charge < -0.3 is 4.74 Å². The molecule has 0 aliphatic rings. The van der Waals surface area contributed by atoms with Crippen LogP contribution >= 0.6 is 0 Å². The lowest BCUT2D eigenvalue weighted by atomic mass is 10.1. The van der Waals surface area contributed by atoms with Crippen molar-refractivity contribution in [1.29, 1.82) is 0 Å². The van der Waals surface area contributed by atoms with Crippen LogP contribution in [0.1, 0.15) is 5.56 Å². The zero-order valence-electron chi connectivity index (χ0n) is 15.8. The first kappa shape index (κ1) is 18.4. The lowest BCUT2D eigenvalue weighted by Gasteiger charge is -2.22. The largest absolute Gasteiger partial charge is 0.445 e. The van der Waals surface area contributed by atoms with E-state index in [1.54, 1.807) is 11.1 Å². The number of nitrogens with zero attached hydrogens (tertiary/aromatic N) is 2. The first-order valence-electron chi connectivity index (χ1n) is 9.39. The van der Waals surface area contributed by atoms with Crippen LogP contribution in [-0.4, -0.2) is 17.7 Å². The van der Waals surface area contributed by atoms with E-state index in [9.17, 15) is 4.79 Å². The fourth-order valence-electron chi connectivity index (χ4n) is 3.06. The second kappa shape index (κ2) is 8.85. The Labute approximate surface area is 169 Å². The van der Waals surface area contributed by atoms with E-state index in [2.05, 4.69) is 11.1 Å². The predicted molar refractivity (Wildman–Crippen MR) is 117 cm³/mol. The van der Waals surface area contributed by atoms with E-state index in [4.69, 9.17) is 4.74 Å². The molecule has 4 rings (SSSR count). The number of benzene rings is 3. The first-order chi connectivity index (χ1) is 14.3. The Bertz CT molecular complexity index is 1090. The van der Waals surface area contributed by atoms with E-state index in [-0.39, 0.29) is 6.61 Å². The molecule has 1 heterocycles. The van der Waals surface area contributed by atoms with Gasteiger partial charge in [0, 0.05) is 11.6 Å². The Balaban J connectivity index is 1.45. The van der Waals surface area contributed by atoms with Crippen LogP contribution in [0, 0.1) is 0 Å². The zero-order chi connectivity index (χ0) is 19.9. The molecule has 0 saturated carbocycles. The second-order valence-corrected chi connectivity index (χ2v) is 6.45. The average Bonchev–Trinajstić information content (AvgIpc) is 2.78. The van der Waals surface area contributed by atoms with Gasteiger partial charge in [0.1, 0.15) is 6.61 Å². The molecule has 0 atom stereocenters. The summed E-state index contributed by atoms with van der Waals surface area (Å²) >= 11 is 0. The molecule has 0 fully saturated rings. The number of ether oxygens (including phenoxy) is 1. The van der Waals surface area contributed by atoms with Crippen molar-refractivity contribution in [3.8, 4) is 0 Å². The van der Waals surface area contributed by atoms with E-state index in [0.29, 0.717) is 0 Å². The smallest absolute Gasteiger partial charge is 0.419 e. The van der Waals surface area contributed by atoms with Crippen LogP contribution < -0.4 is 4.90 Å². The first-order valence-corrected chi connectivity index (χ1v) is 9.39. The number of carbonyl (C=O) groups is 1. The summed E-state index contributed by atoms with van der Waals surface area (Å²) in [5.41, 5.74) is 3.43. The molecule has 4 heteroatoms. The second-order valence-electron chi connectivity index (χ2n) is 6.45. The quantitative estimate of drug-likeness (QED) is 0.412. The number of anilines is 2. The number of fused-ring (bicyclic) bond motifs is 1. The van der Waals surface area contributed by atoms with Gasteiger partial charge in [-0.2, -0.15) is 0 Å². The Morgan fingerprint density at radius 1 is 0.862 bits per heavy atom. The lowest BCUT2D eigenvalue weighted by Crippen LogP contribution is -2.26. The molecule has 0 saturated heterocycles. The molecule has 0 spiro atoms. The maximum absolute atomic E-state index is 12.8. The predicted octanol–water partition coefficient (Wildman–Crippen LogP) is 6.22. The van der Waals surface area contributed by atoms with Crippen LogP contribution in [-0.2, 0) is 4.74 Å². The maximum atomic E-state index is 12.8. The fourth-order valence-corrected chi connectivity index (χ4v) is 3.06. The average molecular weight is 380 g/mol. The number of amides is 1. The van der Waals surface area contributed by atoms with Crippen molar-refractivity contribution >= 4 is 34.4 Å². The van der Waals surface area contributed by atoms with Crippen molar-refractivity contribution in [2.24, 2.45) is 0 Å². The Morgan fingerprint density at radius 2 is 1.48 bits per heavy atom. The molecule has 0 aliphatic carbocycles. The van der Waals surface area contributed by atoms with Gasteiger partial charge in [-0.1, -0.05) is 60.7 Å². The summed E-state index contributed by atoms with van der Waals surface area (Å²) in [6.45, 7) is 0.168. The van der Waals surface area contributed by atoms with E-state index >= 15 is 0 Å². The third-order valence-corrected chi connectivity index (χ3v) is 4.44. The monoisotopic (exact) mass is 380 g/mol. The van der Waals surface area contributed by atoms with Crippen molar-refractivity contribution in [2.75, 3.05) is 11.5 Å². The van der Waals surface area contributed by atoms with Crippen molar-refractivity contribution in [3.63, 3.8) is 0 Å². The van der Waals surface area contributed by atoms with Gasteiger partial charge >= 0.3 is 6.09 Å². The molecular formula is C25H20N2O2. The van der Waals surface area contributed by atoms with E-state index in [1.165, 1.54) is 0 Å². The molecule has 4 nitrogen and oxygen atoms in total. The molecule has 1 aromatic heterocycles.